The highest BCUT2D eigenvalue weighted by Gasteiger charge is 2.19. The lowest BCUT2D eigenvalue weighted by atomic mass is 9.98. The molecule has 2 heteroatoms. The van der Waals surface area contributed by atoms with E-state index in [4.69, 9.17) is 0 Å². The summed E-state index contributed by atoms with van der Waals surface area (Å²) < 4.78 is 0. The fraction of sp³-hybridized carbons (Fsp3) is 0.333. The Hall–Kier alpha value is -1.80. The van der Waals surface area contributed by atoms with Gasteiger partial charge in [0.2, 0.25) is 0 Å². The van der Waals surface area contributed by atoms with Crippen molar-refractivity contribution in [3.05, 3.63) is 58.7 Å². The van der Waals surface area contributed by atoms with Crippen LogP contribution in [0.2, 0.25) is 0 Å². The van der Waals surface area contributed by atoms with Gasteiger partial charge in [-0.05, 0) is 55.5 Å². The number of anilines is 2. The first-order chi connectivity index (χ1) is 9.69. The van der Waals surface area contributed by atoms with Gasteiger partial charge in [0.05, 0.1) is 6.61 Å². The molecule has 0 unspecified atom stereocenters. The van der Waals surface area contributed by atoms with Gasteiger partial charge in [0, 0.05) is 17.9 Å². The zero-order chi connectivity index (χ0) is 14.1. The molecular formula is C18H21NO. The van der Waals surface area contributed by atoms with Crippen LogP contribution < -0.4 is 4.90 Å². The molecule has 0 bridgehead atoms. The second-order valence-corrected chi connectivity index (χ2v) is 5.67. The van der Waals surface area contributed by atoms with Gasteiger partial charge in [-0.2, -0.15) is 0 Å². The van der Waals surface area contributed by atoms with Crippen LogP contribution in [0, 0.1) is 13.8 Å². The second-order valence-electron chi connectivity index (χ2n) is 5.67. The van der Waals surface area contributed by atoms with Crippen molar-refractivity contribution in [3.8, 4) is 0 Å². The fourth-order valence-electron chi connectivity index (χ4n) is 3.09. The van der Waals surface area contributed by atoms with Gasteiger partial charge in [0.15, 0.2) is 0 Å². The van der Waals surface area contributed by atoms with E-state index in [0.29, 0.717) is 0 Å². The molecule has 2 aromatic rings. The minimum atomic E-state index is 0.108. The summed E-state index contributed by atoms with van der Waals surface area (Å²) in [7, 11) is 0. The summed E-state index contributed by atoms with van der Waals surface area (Å²) in [5, 5.41) is 9.24. The number of hydrogen-bond donors (Lipinski definition) is 1. The van der Waals surface area contributed by atoms with Crippen molar-refractivity contribution in [1.29, 1.82) is 0 Å². The lowest BCUT2D eigenvalue weighted by Crippen LogP contribution is -2.25. The van der Waals surface area contributed by atoms with Gasteiger partial charge < -0.3 is 10.0 Å². The molecule has 20 heavy (non-hydrogen) atoms. The van der Waals surface area contributed by atoms with E-state index in [2.05, 4.69) is 49.1 Å². The van der Waals surface area contributed by atoms with Crippen LogP contribution in [-0.4, -0.2) is 11.7 Å². The van der Waals surface area contributed by atoms with Crippen molar-refractivity contribution < 1.29 is 5.11 Å². The predicted molar refractivity (Wildman–Crippen MR) is 83.6 cm³/mol. The number of benzene rings is 2. The molecule has 2 nitrogen and oxygen atoms in total. The maximum absolute atomic E-state index is 9.24. The molecule has 1 heterocycles. The van der Waals surface area contributed by atoms with Crippen LogP contribution in [0.15, 0.2) is 36.4 Å². The Morgan fingerprint density at radius 2 is 1.85 bits per heavy atom. The Balaban J connectivity index is 2.04. The first-order valence-corrected chi connectivity index (χ1v) is 7.26. The summed E-state index contributed by atoms with van der Waals surface area (Å²) in [5.41, 5.74) is 7.57. The fourth-order valence-corrected chi connectivity index (χ4v) is 3.09. The third kappa shape index (κ3) is 2.32. The number of aliphatic hydroxyl groups is 1. The van der Waals surface area contributed by atoms with Crippen molar-refractivity contribution in [2.75, 3.05) is 11.4 Å². The monoisotopic (exact) mass is 267 g/mol. The average Bonchev–Trinajstić information content (AvgIpc) is 2.46. The molecule has 3 rings (SSSR count). The van der Waals surface area contributed by atoms with Gasteiger partial charge in [0.25, 0.3) is 0 Å². The van der Waals surface area contributed by atoms with E-state index < -0.39 is 0 Å². The van der Waals surface area contributed by atoms with Crippen molar-refractivity contribution in [2.24, 2.45) is 0 Å². The summed E-state index contributed by atoms with van der Waals surface area (Å²) in [5.74, 6) is 0. The summed E-state index contributed by atoms with van der Waals surface area (Å²) in [6.45, 7) is 5.45. The first kappa shape index (κ1) is 13.2. The number of hydrogen-bond acceptors (Lipinski definition) is 2. The van der Waals surface area contributed by atoms with Crippen LogP contribution >= 0.6 is 0 Å². The Morgan fingerprint density at radius 3 is 2.60 bits per heavy atom. The minimum Gasteiger partial charge on any atom is -0.392 e. The number of rotatable bonds is 2. The van der Waals surface area contributed by atoms with Crippen molar-refractivity contribution in [3.63, 3.8) is 0 Å². The number of aliphatic hydroxyl groups excluding tert-OH is 1. The molecule has 0 spiro atoms. The zero-order valence-electron chi connectivity index (χ0n) is 12.2. The van der Waals surface area contributed by atoms with Crippen molar-refractivity contribution in [1.82, 2.24) is 0 Å². The highest BCUT2D eigenvalue weighted by molar-refractivity contribution is 5.70. The van der Waals surface area contributed by atoms with Crippen LogP contribution in [0.4, 0.5) is 11.4 Å². The molecule has 0 fully saturated rings. The normalized spacial score (nSPS) is 14.2. The standard InChI is InChI=1S/C18H21NO/c1-13-5-7-18-16(10-13)4-3-9-19(18)17-8-6-15(12-20)11-14(17)2/h5-8,10-11,20H,3-4,9,12H2,1-2H3. The molecule has 1 aliphatic heterocycles. The summed E-state index contributed by atoms with van der Waals surface area (Å²) in [4.78, 5) is 2.41. The number of nitrogens with zero attached hydrogens (tertiary/aromatic N) is 1. The molecule has 0 amide bonds. The Bertz CT molecular complexity index is 633. The van der Waals surface area contributed by atoms with E-state index in [-0.39, 0.29) is 6.61 Å². The van der Waals surface area contributed by atoms with Crippen molar-refractivity contribution >= 4 is 11.4 Å². The molecule has 2 aromatic carbocycles. The van der Waals surface area contributed by atoms with E-state index in [1.807, 2.05) is 6.07 Å². The van der Waals surface area contributed by atoms with Gasteiger partial charge in [-0.3, -0.25) is 0 Å². The maximum atomic E-state index is 9.24. The molecule has 104 valence electrons. The second kappa shape index (κ2) is 5.29. The molecule has 0 saturated carbocycles. The molecule has 0 aromatic heterocycles. The SMILES string of the molecule is Cc1ccc2c(c1)CCCN2c1ccc(CO)cc1C. The zero-order valence-corrected chi connectivity index (χ0v) is 12.2. The third-order valence-electron chi connectivity index (χ3n) is 4.09. The number of fused-ring (bicyclic) bond motifs is 1. The topological polar surface area (TPSA) is 23.5 Å². The van der Waals surface area contributed by atoms with Crippen LogP contribution in [0.1, 0.15) is 28.7 Å². The first-order valence-electron chi connectivity index (χ1n) is 7.26. The van der Waals surface area contributed by atoms with Gasteiger partial charge in [0.1, 0.15) is 0 Å². The lowest BCUT2D eigenvalue weighted by molar-refractivity contribution is 0.282. The highest BCUT2D eigenvalue weighted by atomic mass is 16.3. The molecular weight excluding hydrogens is 246 g/mol. The van der Waals surface area contributed by atoms with E-state index in [0.717, 1.165) is 12.1 Å². The summed E-state index contributed by atoms with van der Waals surface area (Å²) >= 11 is 0. The largest absolute Gasteiger partial charge is 0.392 e. The van der Waals surface area contributed by atoms with Crippen LogP contribution in [0.25, 0.3) is 0 Å². The van der Waals surface area contributed by atoms with Crippen LogP contribution in [-0.2, 0) is 13.0 Å². The average molecular weight is 267 g/mol. The Labute approximate surface area is 120 Å². The molecule has 0 radical (unpaired) electrons. The summed E-state index contributed by atoms with van der Waals surface area (Å²) in [6, 6.07) is 13.0. The van der Waals surface area contributed by atoms with Gasteiger partial charge in [-0.15, -0.1) is 0 Å². The number of aryl methyl sites for hydroxylation is 3. The van der Waals surface area contributed by atoms with E-state index >= 15 is 0 Å². The van der Waals surface area contributed by atoms with E-state index in [1.54, 1.807) is 0 Å². The minimum absolute atomic E-state index is 0.108. The molecule has 0 saturated heterocycles. The Kier molecular flexibility index (Phi) is 3.49. The van der Waals surface area contributed by atoms with Gasteiger partial charge >= 0.3 is 0 Å². The van der Waals surface area contributed by atoms with Gasteiger partial charge in [-0.25, -0.2) is 0 Å². The molecule has 0 atom stereocenters. The summed E-state index contributed by atoms with van der Waals surface area (Å²) in [6.07, 6.45) is 2.36. The van der Waals surface area contributed by atoms with Crippen LogP contribution in [0.3, 0.4) is 0 Å². The van der Waals surface area contributed by atoms with E-state index in [9.17, 15) is 5.11 Å². The van der Waals surface area contributed by atoms with E-state index in [1.165, 1.54) is 40.9 Å². The quantitative estimate of drug-likeness (QED) is 0.892. The van der Waals surface area contributed by atoms with Crippen molar-refractivity contribution in [2.45, 2.75) is 33.3 Å². The third-order valence-corrected chi connectivity index (χ3v) is 4.09. The molecule has 1 aliphatic rings. The molecule has 0 aliphatic carbocycles. The lowest BCUT2D eigenvalue weighted by Gasteiger charge is -2.33. The maximum Gasteiger partial charge on any atom is 0.0681 e. The molecule has 1 N–H and O–H groups in total. The van der Waals surface area contributed by atoms with Crippen LogP contribution in [0.5, 0.6) is 0 Å². The van der Waals surface area contributed by atoms with Gasteiger partial charge in [-0.1, -0.05) is 29.8 Å². The predicted octanol–water partition coefficient (Wildman–Crippen LogP) is 3.88. The highest BCUT2D eigenvalue weighted by Crippen LogP contribution is 2.35. The smallest absolute Gasteiger partial charge is 0.0681 e. The Morgan fingerprint density at radius 1 is 1.05 bits per heavy atom.